The molecule has 118 valence electrons. The molecule has 0 saturated heterocycles. The van der Waals surface area contributed by atoms with E-state index in [1.54, 1.807) is 29.0 Å². The van der Waals surface area contributed by atoms with Crippen LogP contribution in [0.15, 0.2) is 65.7 Å². The summed E-state index contributed by atoms with van der Waals surface area (Å²) in [4.78, 5) is 0.229. The van der Waals surface area contributed by atoms with E-state index in [1.165, 1.54) is 18.2 Å². The molecular weight excluding hydrogens is 320 g/mol. The van der Waals surface area contributed by atoms with Gasteiger partial charge in [0.1, 0.15) is 0 Å². The van der Waals surface area contributed by atoms with E-state index in [0.29, 0.717) is 5.69 Å². The number of aromatic nitrogens is 1. The molecule has 0 amide bonds. The summed E-state index contributed by atoms with van der Waals surface area (Å²) >= 11 is 0. The van der Waals surface area contributed by atoms with Crippen molar-refractivity contribution in [1.29, 1.82) is 0 Å². The Morgan fingerprint density at radius 1 is 0.913 bits per heavy atom. The van der Waals surface area contributed by atoms with Gasteiger partial charge in [0.25, 0.3) is 0 Å². The number of hydrogen-bond donors (Lipinski definition) is 0. The number of hydrogen-bond acceptors (Lipinski definition) is 2. The van der Waals surface area contributed by atoms with Gasteiger partial charge >= 0.3 is 0 Å². The Bertz CT molecular complexity index is 961. The maximum absolute atomic E-state index is 13.4. The molecule has 0 saturated carbocycles. The molecule has 0 radical (unpaired) electrons. The van der Waals surface area contributed by atoms with Crippen LogP contribution in [0.5, 0.6) is 0 Å². The largest absolute Gasteiger partial charge is 0.316 e. The molecular formula is C17H13F2NO2S. The van der Waals surface area contributed by atoms with Crippen molar-refractivity contribution in [1.82, 2.24) is 4.57 Å². The highest BCUT2D eigenvalue weighted by Crippen LogP contribution is 2.25. The normalized spacial score (nSPS) is 11.6. The minimum Gasteiger partial charge on any atom is -0.316 e. The zero-order valence-corrected chi connectivity index (χ0v) is 13.0. The quantitative estimate of drug-likeness (QED) is 0.731. The van der Waals surface area contributed by atoms with Crippen LogP contribution in [-0.4, -0.2) is 19.2 Å². The lowest BCUT2D eigenvalue weighted by molar-refractivity contribution is 0.508. The fourth-order valence-corrected chi connectivity index (χ4v) is 2.98. The molecule has 1 aromatic heterocycles. The van der Waals surface area contributed by atoms with Crippen molar-refractivity contribution in [2.24, 2.45) is 0 Å². The average Bonchev–Trinajstić information content (AvgIpc) is 2.99. The average molecular weight is 333 g/mol. The van der Waals surface area contributed by atoms with E-state index < -0.39 is 21.5 Å². The van der Waals surface area contributed by atoms with Crippen molar-refractivity contribution in [3.63, 3.8) is 0 Å². The van der Waals surface area contributed by atoms with Crippen LogP contribution in [0.2, 0.25) is 0 Å². The number of benzene rings is 2. The zero-order valence-electron chi connectivity index (χ0n) is 12.2. The first-order chi connectivity index (χ1) is 10.9. The van der Waals surface area contributed by atoms with Crippen molar-refractivity contribution in [2.75, 3.05) is 6.26 Å². The van der Waals surface area contributed by atoms with E-state index in [2.05, 4.69) is 0 Å². The molecule has 3 nitrogen and oxygen atoms in total. The monoisotopic (exact) mass is 333 g/mol. The molecule has 0 atom stereocenters. The summed E-state index contributed by atoms with van der Waals surface area (Å²) in [7, 11) is -3.26. The second-order valence-corrected chi connectivity index (χ2v) is 7.17. The maximum atomic E-state index is 13.4. The van der Waals surface area contributed by atoms with Crippen molar-refractivity contribution in [2.45, 2.75) is 4.90 Å². The van der Waals surface area contributed by atoms with Crippen molar-refractivity contribution in [3.8, 4) is 16.9 Å². The van der Waals surface area contributed by atoms with Gasteiger partial charge in [0.05, 0.1) is 10.6 Å². The van der Waals surface area contributed by atoms with Gasteiger partial charge in [-0.25, -0.2) is 17.2 Å². The lowest BCUT2D eigenvalue weighted by Crippen LogP contribution is -1.99. The summed E-state index contributed by atoms with van der Waals surface area (Å²) in [6.07, 6.45) is 2.87. The molecule has 0 aliphatic carbocycles. The molecule has 0 N–H and O–H groups in total. The van der Waals surface area contributed by atoms with Gasteiger partial charge in [-0.1, -0.05) is 12.1 Å². The molecule has 23 heavy (non-hydrogen) atoms. The van der Waals surface area contributed by atoms with Gasteiger partial charge in [-0.3, -0.25) is 0 Å². The van der Waals surface area contributed by atoms with Crippen LogP contribution in [0.4, 0.5) is 8.78 Å². The van der Waals surface area contributed by atoms with Gasteiger partial charge in [0, 0.05) is 24.2 Å². The fraction of sp³-hybridized carbons (Fsp3) is 0.0588. The predicted octanol–water partition coefficient (Wildman–Crippen LogP) is 3.83. The zero-order chi connectivity index (χ0) is 16.6. The summed E-state index contributed by atoms with van der Waals surface area (Å²) in [5.41, 5.74) is 2.00. The Morgan fingerprint density at radius 2 is 1.61 bits per heavy atom. The van der Waals surface area contributed by atoms with Crippen LogP contribution in [-0.2, 0) is 9.84 Å². The SMILES string of the molecule is CS(=O)(=O)c1ccc(-c2cccn2-c2ccc(F)c(F)c2)cc1. The molecule has 3 aromatic rings. The van der Waals surface area contributed by atoms with E-state index in [0.717, 1.165) is 29.6 Å². The summed E-state index contributed by atoms with van der Waals surface area (Å²) in [5, 5.41) is 0. The molecule has 0 spiro atoms. The third-order valence-electron chi connectivity index (χ3n) is 3.51. The number of nitrogens with zero attached hydrogens (tertiary/aromatic N) is 1. The Hall–Kier alpha value is -2.47. The molecule has 1 heterocycles. The second kappa shape index (κ2) is 5.62. The summed E-state index contributed by atoms with van der Waals surface area (Å²) in [6, 6.07) is 13.7. The first kappa shape index (κ1) is 15.4. The Morgan fingerprint density at radius 3 is 2.22 bits per heavy atom. The van der Waals surface area contributed by atoms with E-state index in [9.17, 15) is 17.2 Å². The number of rotatable bonds is 3. The van der Waals surface area contributed by atoms with E-state index >= 15 is 0 Å². The van der Waals surface area contributed by atoms with Crippen LogP contribution < -0.4 is 0 Å². The minimum atomic E-state index is -3.26. The molecule has 3 rings (SSSR count). The molecule has 0 bridgehead atoms. The predicted molar refractivity (Wildman–Crippen MR) is 84.2 cm³/mol. The smallest absolute Gasteiger partial charge is 0.175 e. The molecule has 0 aliphatic rings. The van der Waals surface area contributed by atoms with E-state index in [4.69, 9.17) is 0 Å². The minimum absolute atomic E-state index is 0.229. The second-order valence-electron chi connectivity index (χ2n) is 5.16. The fourth-order valence-electron chi connectivity index (χ4n) is 2.35. The summed E-state index contributed by atoms with van der Waals surface area (Å²) in [5.74, 6) is -1.82. The van der Waals surface area contributed by atoms with Gasteiger partial charge in [-0.2, -0.15) is 0 Å². The van der Waals surface area contributed by atoms with Gasteiger partial charge in [0.2, 0.25) is 0 Å². The topological polar surface area (TPSA) is 39.1 Å². The number of sulfone groups is 1. The standard InChI is InChI=1S/C17H13F2NO2S/c1-23(21,22)14-7-4-12(5-8-14)17-3-2-10-20(17)13-6-9-15(18)16(19)11-13/h2-11H,1H3. The molecule has 0 aliphatic heterocycles. The molecule has 2 aromatic carbocycles. The third kappa shape index (κ3) is 3.03. The highest BCUT2D eigenvalue weighted by Gasteiger charge is 2.11. The lowest BCUT2D eigenvalue weighted by Gasteiger charge is -2.10. The van der Waals surface area contributed by atoms with Crippen molar-refractivity contribution in [3.05, 3.63) is 72.4 Å². The molecule has 6 heteroatoms. The van der Waals surface area contributed by atoms with Crippen LogP contribution in [0.1, 0.15) is 0 Å². The van der Waals surface area contributed by atoms with Crippen molar-refractivity contribution >= 4 is 9.84 Å². The lowest BCUT2D eigenvalue weighted by atomic mass is 10.1. The molecule has 0 unspecified atom stereocenters. The first-order valence-corrected chi connectivity index (χ1v) is 8.69. The third-order valence-corrected chi connectivity index (χ3v) is 4.64. The van der Waals surface area contributed by atoms with Gasteiger partial charge in [-0.05, 0) is 42.0 Å². The Labute approximate surface area is 132 Å². The van der Waals surface area contributed by atoms with E-state index in [-0.39, 0.29) is 4.90 Å². The first-order valence-electron chi connectivity index (χ1n) is 6.79. The van der Waals surface area contributed by atoms with Gasteiger partial charge < -0.3 is 4.57 Å². The van der Waals surface area contributed by atoms with Crippen LogP contribution in [0.25, 0.3) is 16.9 Å². The van der Waals surface area contributed by atoms with Crippen LogP contribution >= 0.6 is 0 Å². The Kier molecular flexibility index (Phi) is 3.77. The van der Waals surface area contributed by atoms with Crippen molar-refractivity contribution < 1.29 is 17.2 Å². The van der Waals surface area contributed by atoms with Gasteiger partial charge in [0.15, 0.2) is 21.5 Å². The highest BCUT2D eigenvalue weighted by molar-refractivity contribution is 7.90. The van der Waals surface area contributed by atoms with Crippen LogP contribution in [0.3, 0.4) is 0 Å². The highest BCUT2D eigenvalue weighted by atomic mass is 32.2. The summed E-state index contributed by atoms with van der Waals surface area (Å²) < 4.78 is 51.2. The summed E-state index contributed by atoms with van der Waals surface area (Å²) in [6.45, 7) is 0. The maximum Gasteiger partial charge on any atom is 0.175 e. The van der Waals surface area contributed by atoms with E-state index in [1.807, 2.05) is 6.07 Å². The van der Waals surface area contributed by atoms with Gasteiger partial charge in [-0.15, -0.1) is 0 Å². The molecule has 0 fully saturated rings. The Balaban J connectivity index is 2.05. The van der Waals surface area contributed by atoms with Crippen LogP contribution in [0, 0.1) is 11.6 Å². The number of halogens is 2.